The van der Waals surface area contributed by atoms with Gasteiger partial charge in [0, 0.05) is 0 Å². The van der Waals surface area contributed by atoms with Gasteiger partial charge in [0.2, 0.25) is 0 Å². The minimum absolute atomic E-state index is 0.0314. The maximum absolute atomic E-state index is 14.9. The Hall–Kier alpha value is -4.63. The Morgan fingerprint density at radius 2 is 0.811 bits per heavy atom. The van der Waals surface area contributed by atoms with Crippen LogP contribution in [0.15, 0.2) is 152 Å². The predicted octanol–water partition coefficient (Wildman–Crippen LogP) is 7.48. The summed E-state index contributed by atoms with van der Waals surface area (Å²) < 4.78 is 0. The molecule has 6 rings (SSSR count). The van der Waals surface area contributed by atoms with Gasteiger partial charge in [0.25, 0.3) is 5.91 Å². The van der Waals surface area contributed by atoms with Crippen molar-refractivity contribution in [2.45, 2.75) is 17.9 Å². The van der Waals surface area contributed by atoms with E-state index >= 15 is 0 Å². The van der Waals surface area contributed by atoms with E-state index in [1.807, 2.05) is 83.9 Å². The van der Waals surface area contributed by atoms with Crippen LogP contribution in [0.3, 0.4) is 0 Å². The van der Waals surface area contributed by atoms with Gasteiger partial charge >= 0.3 is 0 Å². The van der Waals surface area contributed by atoms with Gasteiger partial charge in [0.1, 0.15) is 11.0 Å². The lowest BCUT2D eigenvalue weighted by Gasteiger charge is -2.66. The Morgan fingerprint density at radius 1 is 0.486 bits per heavy atom. The second-order valence-electron chi connectivity index (χ2n) is 9.52. The molecule has 1 aliphatic rings. The molecule has 1 atom stereocenters. The summed E-state index contributed by atoms with van der Waals surface area (Å²) in [7, 11) is 0. The van der Waals surface area contributed by atoms with E-state index < -0.39 is 11.0 Å². The van der Waals surface area contributed by atoms with Crippen molar-refractivity contribution in [3.8, 4) is 0 Å². The zero-order valence-corrected chi connectivity index (χ0v) is 20.7. The Kier molecular flexibility index (Phi) is 5.61. The number of hydrazine groups is 1. The molecular weight excluding hydrogens is 452 g/mol. The van der Waals surface area contributed by atoms with Crippen LogP contribution in [0.25, 0.3) is 0 Å². The van der Waals surface area contributed by atoms with Gasteiger partial charge in [0.05, 0.1) is 11.4 Å². The first kappa shape index (κ1) is 22.8. The van der Waals surface area contributed by atoms with E-state index in [1.54, 1.807) is 0 Å². The van der Waals surface area contributed by atoms with Crippen LogP contribution in [-0.4, -0.2) is 10.9 Å². The van der Waals surface area contributed by atoms with E-state index in [0.29, 0.717) is 0 Å². The average Bonchev–Trinajstić information content (AvgIpc) is 2.98. The minimum atomic E-state index is -0.918. The Morgan fingerprint density at radius 3 is 1.19 bits per heavy atom. The number of carbonyl (C=O) groups is 1. The quantitative estimate of drug-likeness (QED) is 0.235. The lowest BCUT2D eigenvalue weighted by atomic mass is 9.52. The third kappa shape index (κ3) is 3.31. The highest BCUT2D eigenvalue weighted by Gasteiger charge is 2.73. The summed E-state index contributed by atoms with van der Waals surface area (Å²) in [5.74, 6) is 0.0314. The van der Waals surface area contributed by atoms with Crippen LogP contribution in [0.1, 0.15) is 23.6 Å². The van der Waals surface area contributed by atoms with E-state index in [2.05, 4.69) is 84.7 Å². The molecule has 37 heavy (non-hydrogen) atoms. The van der Waals surface area contributed by atoms with Gasteiger partial charge in [-0.15, -0.1) is 0 Å². The maximum atomic E-state index is 14.9. The number of anilines is 2. The molecule has 1 amide bonds. The summed E-state index contributed by atoms with van der Waals surface area (Å²) >= 11 is 0. The zero-order valence-electron chi connectivity index (χ0n) is 20.7. The fourth-order valence-electron chi connectivity index (χ4n) is 5.94. The molecule has 5 aromatic rings. The molecule has 1 aliphatic heterocycles. The number of carbonyl (C=O) groups excluding carboxylic acids is 1. The molecule has 1 saturated heterocycles. The smallest absolute Gasteiger partial charge is 0.260 e. The summed E-state index contributed by atoms with van der Waals surface area (Å²) in [6, 6.07) is 51.1. The van der Waals surface area contributed by atoms with Gasteiger partial charge < -0.3 is 0 Å². The van der Waals surface area contributed by atoms with Crippen molar-refractivity contribution in [1.29, 1.82) is 0 Å². The number of amides is 1. The molecule has 5 aromatic carbocycles. The Balaban J connectivity index is 1.67. The normalized spacial score (nSPS) is 18.2. The van der Waals surface area contributed by atoms with Crippen LogP contribution in [-0.2, 0) is 15.7 Å². The Bertz CT molecular complexity index is 1410. The van der Waals surface area contributed by atoms with Crippen molar-refractivity contribution in [3.63, 3.8) is 0 Å². The standard InChI is InChI=1S/C34H28N2O/c1-33(27-17-7-2-8-18-27)34(28-19-9-3-10-20-28,29-21-11-4-12-22-29)32(37)36(33)35(30-23-13-5-14-24-30)31-25-15-6-16-26-31/h2-26H,1H3/t33-/m1/s1. The summed E-state index contributed by atoms with van der Waals surface area (Å²) in [6.07, 6.45) is 0. The van der Waals surface area contributed by atoms with Crippen molar-refractivity contribution in [1.82, 2.24) is 5.01 Å². The van der Waals surface area contributed by atoms with Crippen molar-refractivity contribution in [2.75, 3.05) is 5.01 Å². The molecular formula is C34H28N2O. The summed E-state index contributed by atoms with van der Waals surface area (Å²) in [4.78, 5) is 14.9. The second kappa shape index (κ2) is 9.11. The number of nitrogens with zero attached hydrogens (tertiary/aromatic N) is 2. The number of rotatable bonds is 6. The maximum Gasteiger partial charge on any atom is 0.260 e. The minimum Gasteiger partial charge on any atom is -0.271 e. The van der Waals surface area contributed by atoms with E-state index in [-0.39, 0.29) is 5.91 Å². The molecule has 0 unspecified atom stereocenters. The Labute approximate surface area is 218 Å². The van der Waals surface area contributed by atoms with Crippen LogP contribution in [0, 0.1) is 0 Å². The first-order valence-corrected chi connectivity index (χ1v) is 12.6. The van der Waals surface area contributed by atoms with Gasteiger partial charge in [-0.05, 0) is 47.9 Å². The molecule has 0 radical (unpaired) electrons. The van der Waals surface area contributed by atoms with Gasteiger partial charge in [-0.1, -0.05) is 127 Å². The molecule has 0 N–H and O–H groups in total. The zero-order chi connectivity index (χ0) is 25.3. The van der Waals surface area contributed by atoms with Crippen LogP contribution in [0.5, 0.6) is 0 Å². The highest BCUT2D eigenvalue weighted by molar-refractivity contribution is 6.03. The van der Waals surface area contributed by atoms with Crippen molar-refractivity contribution in [2.24, 2.45) is 0 Å². The highest BCUT2D eigenvalue weighted by Crippen LogP contribution is 2.61. The van der Waals surface area contributed by atoms with Gasteiger partial charge in [-0.2, -0.15) is 0 Å². The summed E-state index contributed by atoms with van der Waals surface area (Å²) in [5, 5.41) is 4.02. The number of hydrogen-bond acceptors (Lipinski definition) is 2. The molecule has 3 heteroatoms. The van der Waals surface area contributed by atoms with Crippen LogP contribution < -0.4 is 5.01 Å². The number of hydrogen-bond donors (Lipinski definition) is 0. The van der Waals surface area contributed by atoms with Crippen molar-refractivity contribution in [3.05, 3.63) is 168 Å². The molecule has 3 nitrogen and oxygen atoms in total. The molecule has 0 aliphatic carbocycles. The predicted molar refractivity (Wildman–Crippen MR) is 149 cm³/mol. The van der Waals surface area contributed by atoms with E-state index in [9.17, 15) is 4.79 Å². The largest absolute Gasteiger partial charge is 0.271 e. The topological polar surface area (TPSA) is 23.6 Å². The van der Waals surface area contributed by atoms with Crippen LogP contribution >= 0.6 is 0 Å². The highest BCUT2D eigenvalue weighted by atomic mass is 16.2. The molecule has 1 heterocycles. The third-order valence-corrected chi connectivity index (χ3v) is 7.62. The SMILES string of the molecule is C[C@]1(c2ccccc2)N(N(c2ccccc2)c2ccccc2)C(=O)C1(c1ccccc1)c1ccccc1. The van der Waals surface area contributed by atoms with Gasteiger partial charge in [-0.3, -0.25) is 9.80 Å². The monoisotopic (exact) mass is 480 g/mol. The van der Waals surface area contributed by atoms with Gasteiger partial charge in [0.15, 0.2) is 0 Å². The molecule has 180 valence electrons. The first-order valence-electron chi connectivity index (χ1n) is 12.6. The second-order valence-corrected chi connectivity index (χ2v) is 9.52. The summed E-state index contributed by atoms with van der Waals surface area (Å²) in [5.41, 5.74) is 3.24. The van der Waals surface area contributed by atoms with Crippen LogP contribution in [0.4, 0.5) is 11.4 Å². The number of benzene rings is 5. The van der Waals surface area contributed by atoms with Crippen LogP contribution in [0.2, 0.25) is 0 Å². The van der Waals surface area contributed by atoms with Gasteiger partial charge in [-0.25, -0.2) is 5.01 Å². The first-order chi connectivity index (χ1) is 18.2. The van der Waals surface area contributed by atoms with E-state index in [4.69, 9.17) is 0 Å². The molecule has 0 spiro atoms. The third-order valence-electron chi connectivity index (χ3n) is 7.62. The lowest BCUT2D eigenvalue weighted by Crippen LogP contribution is -2.80. The van der Waals surface area contributed by atoms with E-state index in [1.165, 1.54) is 0 Å². The fraction of sp³-hybridized carbons (Fsp3) is 0.0882. The average molecular weight is 481 g/mol. The lowest BCUT2D eigenvalue weighted by molar-refractivity contribution is -0.173. The molecule has 1 fully saturated rings. The van der Waals surface area contributed by atoms with Crippen molar-refractivity contribution < 1.29 is 4.79 Å². The van der Waals surface area contributed by atoms with E-state index in [0.717, 1.165) is 28.1 Å². The molecule has 0 bridgehead atoms. The molecule has 0 aromatic heterocycles. The molecule has 0 saturated carbocycles. The summed E-state index contributed by atoms with van der Waals surface area (Å²) in [6.45, 7) is 2.20. The fourth-order valence-corrected chi connectivity index (χ4v) is 5.94. The number of para-hydroxylation sites is 2. The van der Waals surface area contributed by atoms with Crippen molar-refractivity contribution >= 4 is 17.3 Å². The number of β-lactam (4-membered cyclic amide) rings is 1.